The molecule has 0 aliphatic carbocycles. The van der Waals surface area contributed by atoms with Crippen molar-refractivity contribution in [1.82, 2.24) is 14.0 Å². The average Bonchev–Trinajstić information content (AvgIpc) is 3.30. The van der Waals surface area contributed by atoms with Crippen LogP contribution in [0.1, 0.15) is 54.1 Å². The number of carbonyl (C=O) groups is 2. The summed E-state index contributed by atoms with van der Waals surface area (Å²) in [6.07, 6.45) is -0.623. The van der Waals surface area contributed by atoms with Crippen LogP contribution in [0.4, 0.5) is 0 Å². The highest BCUT2D eigenvalue weighted by atomic mass is 32.1. The van der Waals surface area contributed by atoms with Gasteiger partial charge in [0.1, 0.15) is 27.1 Å². The van der Waals surface area contributed by atoms with E-state index in [1.54, 1.807) is 49.9 Å². The number of carbonyl (C=O) groups excluding carboxylic acids is 2. The fourth-order valence-corrected chi connectivity index (χ4v) is 6.30. The highest BCUT2D eigenvalue weighted by Crippen LogP contribution is 2.34. The monoisotopic (exact) mass is 568 g/mol. The minimum absolute atomic E-state index is 0.0641. The number of rotatable bonds is 11. The Labute approximate surface area is 235 Å². The molecule has 3 heterocycles. The summed E-state index contributed by atoms with van der Waals surface area (Å²) in [5.74, 6) is -0.401. The van der Waals surface area contributed by atoms with Gasteiger partial charge in [-0.1, -0.05) is 18.2 Å². The highest BCUT2D eigenvalue weighted by molar-refractivity contribution is 7.20. The standard InChI is InChI=1S/C28H32N4O7S/c1-6-30-16-28(4,26(30)35)32-23(33)21-17(3)22(25(34)38-7-2)40-24(21)31(27(32)36)15-20(39-14-10-13-29)18-11-8-9-12-19(18)37-5/h8-9,11-12,20H,6-7,10,14-16H2,1-5H3/t20-,28?/m0/s1. The number of methoxy groups -OCH3 is 1. The fraction of sp³-hybridized carbons (Fsp3) is 0.464. The molecule has 11 nitrogen and oxygen atoms in total. The number of likely N-dealkylation sites (N-methyl/N-ethyl adjacent to an activating group) is 1. The second-order valence-electron chi connectivity index (χ2n) is 9.59. The van der Waals surface area contributed by atoms with Gasteiger partial charge in [-0.25, -0.2) is 14.2 Å². The van der Waals surface area contributed by atoms with Crippen molar-refractivity contribution in [2.45, 2.75) is 52.3 Å². The van der Waals surface area contributed by atoms with Crippen LogP contribution in [-0.2, 0) is 26.4 Å². The Kier molecular flexibility index (Phi) is 8.46. The quantitative estimate of drug-likeness (QED) is 0.196. The lowest BCUT2D eigenvalue weighted by molar-refractivity contribution is -0.156. The summed E-state index contributed by atoms with van der Waals surface area (Å²) < 4.78 is 19.2. The van der Waals surface area contributed by atoms with Gasteiger partial charge < -0.3 is 19.1 Å². The van der Waals surface area contributed by atoms with E-state index in [4.69, 9.17) is 19.5 Å². The molecule has 1 unspecified atom stereocenters. The molecule has 0 radical (unpaired) electrons. The van der Waals surface area contributed by atoms with Crippen LogP contribution in [0.3, 0.4) is 0 Å². The van der Waals surface area contributed by atoms with Gasteiger partial charge in [-0.2, -0.15) is 5.26 Å². The first-order valence-corrected chi connectivity index (χ1v) is 13.8. The largest absolute Gasteiger partial charge is 0.496 e. The zero-order valence-electron chi connectivity index (χ0n) is 23.2. The van der Waals surface area contributed by atoms with E-state index in [-0.39, 0.29) is 53.7 Å². The van der Waals surface area contributed by atoms with Gasteiger partial charge in [-0.3, -0.25) is 14.2 Å². The molecule has 4 rings (SSSR count). The Hall–Kier alpha value is -3.95. The van der Waals surface area contributed by atoms with Crippen molar-refractivity contribution in [3.63, 3.8) is 0 Å². The van der Waals surface area contributed by atoms with Gasteiger partial charge in [-0.05, 0) is 39.3 Å². The van der Waals surface area contributed by atoms with E-state index in [1.807, 2.05) is 13.0 Å². The second kappa shape index (κ2) is 11.7. The van der Waals surface area contributed by atoms with Gasteiger partial charge in [-0.15, -0.1) is 11.3 Å². The molecule has 1 aliphatic heterocycles. The Morgan fingerprint density at radius 3 is 2.58 bits per heavy atom. The Bertz CT molecular complexity index is 1620. The van der Waals surface area contributed by atoms with Crippen molar-refractivity contribution in [2.24, 2.45) is 0 Å². The van der Waals surface area contributed by atoms with E-state index in [9.17, 15) is 19.2 Å². The average molecular weight is 569 g/mol. The second-order valence-corrected chi connectivity index (χ2v) is 10.6. The number of ether oxygens (including phenoxy) is 3. The molecule has 1 amide bonds. The van der Waals surface area contributed by atoms with Crippen LogP contribution < -0.4 is 16.0 Å². The number of aryl methyl sites for hydroxylation is 1. The first-order chi connectivity index (χ1) is 19.1. The number of nitrogens with zero attached hydrogens (tertiary/aromatic N) is 4. The topological polar surface area (TPSA) is 133 Å². The predicted molar refractivity (Wildman–Crippen MR) is 149 cm³/mol. The van der Waals surface area contributed by atoms with Gasteiger partial charge >= 0.3 is 11.7 Å². The number of fused-ring (bicyclic) bond motifs is 1. The number of aromatic nitrogens is 2. The first-order valence-electron chi connectivity index (χ1n) is 13.0. The van der Waals surface area contributed by atoms with E-state index < -0.39 is 28.9 Å². The van der Waals surface area contributed by atoms with Crippen LogP contribution in [0, 0.1) is 18.3 Å². The van der Waals surface area contributed by atoms with Crippen molar-refractivity contribution in [3.05, 3.63) is 61.1 Å². The number of hydrogen-bond acceptors (Lipinski definition) is 9. The van der Waals surface area contributed by atoms with E-state index in [1.165, 1.54) is 11.7 Å². The molecule has 0 N–H and O–H groups in total. The molecule has 3 aromatic rings. The SMILES string of the molecule is CCOC(=O)c1sc2c(c1C)c(=O)n(C1(C)CN(CC)C1=O)c(=O)n2C[C@H](OCCC#N)c1ccccc1OC. The summed E-state index contributed by atoms with van der Waals surface area (Å²) in [5.41, 5.74) is -1.67. The van der Waals surface area contributed by atoms with Crippen molar-refractivity contribution in [2.75, 3.05) is 33.4 Å². The molecular weight excluding hydrogens is 536 g/mol. The molecule has 1 aliphatic rings. The normalized spacial score (nSPS) is 17.4. The molecule has 1 aromatic carbocycles. The maximum Gasteiger partial charge on any atom is 0.348 e. The molecule has 2 atom stereocenters. The number of esters is 1. The maximum atomic E-state index is 14.2. The summed E-state index contributed by atoms with van der Waals surface area (Å²) in [5, 5.41) is 9.26. The first kappa shape index (κ1) is 29.0. The summed E-state index contributed by atoms with van der Waals surface area (Å²) >= 11 is 0.994. The summed E-state index contributed by atoms with van der Waals surface area (Å²) in [6, 6.07) is 9.21. The lowest BCUT2D eigenvalue weighted by atomic mass is 9.90. The Morgan fingerprint density at radius 1 is 1.23 bits per heavy atom. The minimum atomic E-state index is -1.37. The Balaban J connectivity index is 1.99. The van der Waals surface area contributed by atoms with Gasteiger partial charge in [0.25, 0.3) is 11.5 Å². The third kappa shape index (κ3) is 4.80. The number of likely N-dealkylation sites (tertiary alicyclic amines) is 1. The van der Waals surface area contributed by atoms with Gasteiger partial charge in [0.15, 0.2) is 0 Å². The van der Waals surface area contributed by atoms with Crippen LogP contribution >= 0.6 is 11.3 Å². The summed E-state index contributed by atoms with van der Waals surface area (Å²) in [6.45, 7) is 7.55. The third-order valence-electron chi connectivity index (χ3n) is 7.16. The number of thiophene rings is 1. The van der Waals surface area contributed by atoms with E-state index >= 15 is 0 Å². The molecule has 40 heavy (non-hydrogen) atoms. The van der Waals surface area contributed by atoms with Crippen LogP contribution in [0.15, 0.2) is 33.9 Å². The Morgan fingerprint density at radius 2 is 1.95 bits per heavy atom. The number of benzene rings is 1. The van der Waals surface area contributed by atoms with Crippen molar-refractivity contribution >= 4 is 33.4 Å². The highest BCUT2D eigenvalue weighted by Gasteiger charge is 2.51. The van der Waals surface area contributed by atoms with Crippen molar-refractivity contribution in [3.8, 4) is 11.8 Å². The molecule has 12 heteroatoms. The van der Waals surface area contributed by atoms with Crippen LogP contribution in [-0.4, -0.2) is 59.3 Å². The van der Waals surface area contributed by atoms with Crippen molar-refractivity contribution < 1.29 is 23.8 Å². The van der Waals surface area contributed by atoms with E-state index in [0.29, 0.717) is 23.4 Å². The summed E-state index contributed by atoms with van der Waals surface area (Å²) in [7, 11) is 1.52. The molecule has 1 fully saturated rings. The summed E-state index contributed by atoms with van der Waals surface area (Å²) in [4.78, 5) is 56.0. The number of β-lactam (4-membered cyclic amide) rings is 1. The molecular formula is C28H32N4O7S. The zero-order chi connectivity index (χ0) is 29.2. The predicted octanol–water partition coefficient (Wildman–Crippen LogP) is 2.97. The molecule has 1 saturated heterocycles. The number of para-hydroxylation sites is 1. The molecule has 2 aromatic heterocycles. The van der Waals surface area contributed by atoms with Crippen LogP contribution in [0.25, 0.3) is 10.2 Å². The van der Waals surface area contributed by atoms with Crippen LogP contribution in [0.5, 0.6) is 5.75 Å². The lowest BCUT2D eigenvalue weighted by Gasteiger charge is -2.46. The molecule has 212 valence electrons. The number of hydrogen-bond donors (Lipinski definition) is 0. The van der Waals surface area contributed by atoms with Gasteiger partial charge in [0, 0.05) is 12.1 Å². The smallest absolute Gasteiger partial charge is 0.348 e. The van der Waals surface area contributed by atoms with Gasteiger partial charge in [0.2, 0.25) is 0 Å². The van der Waals surface area contributed by atoms with Crippen LogP contribution in [0.2, 0.25) is 0 Å². The minimum Gasteiger partial charge on any atom is -0.496 e. The lowest BCUT2D eigenvalue weighted by Crippen LogP contribution is -2.70. The molecule has 0 saturated carbocycles. The third-order valence-corrected chi connectivity index (χ3v) is 8.46. The van der Waals surface area contributed by atoms with E-state index in [2.05, 4.69) is 0 Å². The van der Waals surface area contributed by atoms with Crippen molar-refractivity contribution in [1.29, 1.82) is 5.26 Å². The fourth-order valence-electron chi connectivity index (χ4n) is 5.10. The number of amides is 1. The van der Waals surface area contributed by atoms with Gasteiger partial charge in [0.05, 0.1) is 51.3 Å². The molecule has 0 bridgehead atoms. The number of nitriles is 1. The molecule has 0 spiro atoms. The van der Waals surface area contributed by atoms with E-state index in [0.717, 1.165) is 15.9 Å². The maximum absolute atomic E-state index is 14.2. The zero-order valence-corrected chi connectivity index (χ0v) is 24.0.